The smallest absolute Gasteiger partial charge is 0.237 e. The number of hydrogen-bond donors (Lipinski definition) is 0. The molecule has 0 fully saturated rings. The van der Waals surface area contributed by atoms with Crippen molar-refractivity contribution in [2.75, 3.05) is 7.11 Å². The minimum atomic E-state index is 0.0898. The van der Waals surface area contributed by atoms with E-state index in [1.54, 1.807) is 25.8 Å². The highest BCUT2D eigenvalue weighted by molar-refractivity contribution is 9.10. The average Bonchev–Trinajstić information content (AvgIpc) is 2.31. The Kier molecular flexibility index (Phi) is 3.08. The van der Waals surface area contributed by atoms with Gasteiger partial charge < -0.3 is 4.74 Å². The molecule has 4 nitrogen and oxygen atoms in total. The number of ketones is 1. The Labute approximate surface area is 85.0 Å². The molecular formula is C8H11BrN2O2. The van der Waals surface area contributed by atoms with Crippen LogP contribution in [0.3, 0.4) is 0 Å². The van der Waals surface area contributed by atoms with Crippen molar-refractivity contribution in [1.82, 2.24) is 9.78 Å². The van der Waals surface area contributed by atoms with Crippen LogP contribution in [0.1, 0.15) is 12.5 Å². The Morgan fingerprint density at radius 3 is 2.77 bits per heavy atom. The van der Waals surface area contributed by atoms with Gasteiger partial charge in [-0.3, -0.25) is 9.48 Å². The van der Waals surface area contributed by atoms with Crippen LogP contribution in [0.2, 0.25) is 0 Å². The van der Waals surface area contributed by atoms with Crippen LogP contribution >= 0.6 is 15.9 Å². The third kappa shape index (κ3) is 2.09. The van der Waals surface area contributed by atoms with Crippen LogP contribution in [0.15, 0.2) is 4.60 Å². The number of methoxy groups -OCH3 is 1. The van der Waals surface area contributed by atoms with Crippen molar-refractivity contribution in [3.63, 3.8) is 0 Å². The summed E-state index contributed by atoms with van der Waals surface area (Å²) in [5, 5.41) is 4.08. The summed E-state index contributed by atoms with van der Waals surface area (Å²) in [6, 6.07) is 0. The Balaban J connectivity index is 3.08. The van der Waals surface area contributed by atoms with Gasteiger partial charge in [0.15, 0.2) is 0 Å². The molecule has 0 saturated carbocycles. The van der Waals surface area contributed by atoms with E-state index in [1.807, 2.05) is 0 Å². The number of Topliss-reactive ketones (excluding diaryl/α,β-unsaturated/α-hetero) is 1. The van der Waals surface area contributed by atoms with E-state index in [9.17, 15) is 4.79 Å². The van der Waals surface area contributed by atoms with Crippen LogP contribution in [0.4, 0.5) is 0 Å². The van der Waals surface area contributed by atoms with Crippen molar-refractivity contribution in [2.45, 2.75) is 13.3 Å². The molecule has 1 rings (SSSR count). The van der Waals surface area contributed by atoms with E-state index in [0.29, 0.717) is 12.3 Å². The van der Waals surface area contributed by atoms with Crippen molar-refractivity contribution in [2.24, 2.45) is 7.05 Å². The third-order valence-electron chi connectivity index (χ3n) is 1.65. The molecule has 1 heterocycles. The van der Waals surface area contributed by atoms with Crippen molar-refractivity contribution in [3.05, 3.63) is 10.2 Å². The average molecular weight is 247 g/mol. The van der Waals surface area contributed by atoms with E-state index in [1.165, 1.54) is 0 Å². The Morgan fingerprint density at radius 1 is 1.69 bits per heavy atom. The maximum absolute atomic E-state index is 10.9. The predicted octanol–water partition coefficient (Wildman–Crippen LogP) is 1.32. The third-order valence-corrected chi connectivity index (χ3v) is 2.64. The maximum Gasteiger partial charge on any atom is 0.237 e. The molecule has 0 spiro atoms. The van der Waals surface area contributed by atoms with Crippen LogP contribution in [0, 0.1) is 0 Å². The van der Waals surface area contributed by atoms with Gasteiger partial charge in [-0.25, -0.2) is 0 Å². The number of carbonyl (C=O) groups excluding carboxylic acids is 1. The molecule has 1 aromatic rings. The molecule has 0 radical (unpaired) electrons. The predicted molar refractivity (Wildman–Crippen MR) is 51.8 cm³/mol. The highest BCUT2D eigenvalue weighted by Crippen LogP contribution is 2.25. The highest BCUT2D eigenvalue weighted by atomic mass is 79.9. The summed E-state index contributed by atoms with van der Waals surface area (Å²) in [6.07, 6.45) is 0.345. The monoisotopic (exact) mass is 246 g/mol. The number of hydrogen-bond acceptors (Lipinski definition) is 3. The van der Waals surface area contributed by atoms with Gasteiger partial charge in [0.05, 0.1) is 12.7 Å². The second kappa shape index (κ2) is 3.91. The lowest BCUT2D eigenvalue weighted by atomic mass is 10.2. The van der Waals surface area contributed by atoms with Gasteiger partial charge in [-0.1, -0.05) is 0 Å². The fourth-order valence-electron chi connectivity index (χ4n) is 1.09. The molecule has 0 amide bonds. The molecule has 0 saturated heterocycles. The summed E-state index contributed by atoms with van der Waals surface area (Å²) in [5.74, 6) is 0.594. The van der Waals surface area contributed by atoms with E-state index < -0.39 is 0 Å². The van der Waals surface area contributed by atoms with E-state index in [0.717, 1.165) is 10.2 Å². The molecule has 1 aromatic heterocycles. The quantitative estimate of drug-likeness (QED) is 0.809. The highest BCUT2D eigenvalue weighted by Gasteiger charge is 2.15. The largest absolute Gasteiger partial charge is 0.480 e. The zero-order chi connectivity index (χ0) is 10.0. The van der Waals surface area contributed by atoms with Crippen LogP contribution in [0.25, 0.3) is 0 Å². The molecule has 5 heteroatoms. The number of carbonyl (C=O) groups is 1. The number of aryl methyl sites for hydroxylation is 1. The molecule has 0 aliphatic rings. The van der Waals surface area contributed by atoms with Gasteiger partial charge in [0.25, 0.3) is 0 Å². The van der Waals surface area contributed by atoms with E-state index in [-0.39, 0.29) is 5.78 Å². The lowest BCUT2D eigenvalue weighted by Crippen LogP contribution is -1.98. The summed E-state index contributed by atoms with van der Waals surface area (Å²) in [5.41, 5.74) is 0.803. The van der Waals surface area contributed by atoms with Crippen LogP contribution in [-0.2, 0) is 18.3 Å². The van der Waals surface area contributed by atoms with Crippen LogP contribution in [-0.4, -0.2) is 22.7 Å². The summed E-state index contributed by atoms with van der Waals surface area (Å²) in [4.78, 5) is 10.9. The van der Waals surface area contributed by atoms with Gasteiger partial charge >= 0.3 is 0 Å². The molecule has 0 bridgehead atoms. The zero-order valence-corrected chi connectivity index (χ0v) is 9.38. The first-order valence-electron chi connectivity index (χ1n) is 3.81. The molecule has 0 aliphatic heterocycles. The maximum atomic E-state index is 10.9. The molecule has 0 N–H and O–H groups in total. The van der Waals surface area contributed by atoms with Gasteiger partial charge in [-0.15, -0.1) is 5.10 Å². The van der Waals surface area contributed by atoms with Crippen LogP contribution < -0.4 is 4.74 Å². The minimum absolute atomic E-state index is 0.0898. The standard InChI is InChI=1S/C8H11BrN2O2/c1-5(12)4-6-7(9)11(2)10-8(6)13-3/h4H2,1-3H3. The lowest BCUT2D eigenvalue weighted by Gasteiger charge is -1.97. The SMILES string of the molecule is COc1nn(C)c(Br)c1CC(C)=O. The summed E-state index contributed by atoms with van der Waals surface area (Å²) in [7, 11) is 3.33. The lowest BCUT2D eigenvalue weighted by molar-refractivity contribution is -0.116. The van der Waals surface area contributed by atoms with Crippen LogP contribution in [0.5, 0.6) is 5.88 Å². The molecule has 0 aromatic carbocycles. The zero-order valence-electron chi connectivity index (χ0n) is 7.80. The molecule has 72 valence electrons. The molecular weight excluding hydrogens is 236 g/mol. The fourth-order valence-corrected chi connectivity index (χ4v) is 1.47. The Bertz CT molecular complexity index is 333. The van der Waals surface area contributed by atoms with Gasteiger partial charge in [-0.2, -0.15) is 0 Å². The Morgan fingerprint density at radius 2 is 2.31 bits per heavy atom. The number of halogens is 1. The first kappa shape index (κ1) is 10.2. The number of nitrogens with zero attached hydrogens (tertiary/aromatic N) is 2. The summed E-state index contributed by atoms with van der Waals surface area (Å²) >= 11 is 3.34. The second-order valence-electron chi connectivity index (χ2n) is 2.78. The second-order valence-corrected chi connectivity index (χ2v) is 3.53. The van der Waals surface area contributed by atoms with Crippen molar-refractivity contribution < 1.29 is 9.53 Å². The Hall–Kier alpha value is -0.840. The van der Waals surface area contributed by atoms with E-state index in [4.69, 9.17) is 4.74 Å². The van der Waals surface area contributed by atoms with Crippen molar-refractivity contribution in [3.8, 4) is 5.88 Å². The topological polar surface area (TPSA) is 44.1 Å². The summed E-state index contributed by atoms with van der Waals surface area (Å²) < 4.78 is 7.46. The first-order valence-corrected chi connectivity index (χ1v) is 4.60. The summed E-state index contributed by atoms with van der Waals surface area (Å²) in [6.45, 7) is 1.54. The van der Waals surface area contributed by atoms with Crippen molar-refractivity contribution in [1.29, 1.82) is 0 Å². The molecule has 13 heavy (non-hydrogen) atoms. The first-order chi connectivity index (χ1) is 6.06. The number of ether oxygens (including phenoxy) is 1. The van der Waals surface area contributed by atoms with Gasteiger partial charge in [0, 0.05) is 13.5 Å². The minimum Gasteiger partial charge on any atom is -0.480 e. The molecule has 0 unspecified atom stereocenters. The molecule has 0 aliphatic carbocycles. The number of aromatic nitrogens is 2. The normalized spacial score (nSPS) is 10.2. The van der Waals surface area contributed by atoms with Crippen molar-refractivity contribution >= 4 is 21.7 Å². The van der Waals surface area contributed by atoms with E-state index >= 15 is 0 Å². The van der Waals surface area contributed by atoms with E-state index in [2.05, 4.69) is 21.0 Å². The van der Waals surface area contributed by atoms with Gasteiger partial charge in [-0.05, 0) is 22.9 Å². The molecule has 0 atom stereocenters. The van der Waals surface area contributed by atoms with Gasteiger partial charge in [0.1, 0.15) is 10.4 Å². The van der Waals surface area contributed by atoms with Gasteiger partial charge in [0.2, 0.25) is 5.88 Å². The fraction of sp³-hybridized carbons (Fsp3) is 0.500. The number of rotatable bonds is 3.